The van der Waals surface area contributed by atoms with E-state index in [1.165, 1.54) is 12.1 Å². The normalized spacial score (nSPS) is 17.8. The van der Waals surface area contributed by atoms with E-state index in [0.717, 1.165) is 49.4 Å². The molecule has 1 fully saturated rings. The summed E-state index contributed by atoms with van der Waals surface area (Å²) in [5.41, 5.74) is 2.85. The van der Waals surface area contributed by atoms with E-state index in [2.05, 4.69) is 16.1 Å². The number of imidazole rings is 1. The molecule has 1 saturated heterocycles. The second kappa shape index (κ2) is 6.94. The van der Waals surface area contributed by atoms with Gasteiger partial charge in [0.2, 0.25) is 0 Å². The summed E-state index contributed by atoms with van der Waals surface area (Å²) >= 11 is 0. The van der Waals surface area contributed by atoms with Crippen LogP contribution < -0.4 is 0 Å². The zero-order valence-electron chi connectivity index (χ0n) is 14.1. The molecule has 0 aliphatic carbocycles. The molecular weight excluding hydrogens is 317 g/mol. The first-order valence-electron chi connectivity index (χ1n) is 8.77. The summed E-state index contributed by atoms with van der Waals surface area (Å²) < 4.78 is 15.1. The second-order valence-electron chi connectivity index (χ2n) is 6.81. The number of likely N-dealkylation sites (tertiary alicyclic amines) is 1. The van der Waals surface area contributed by atoms with Crippen LogP contribution in [-0.2, 0) is 6.54 Å². The maximum Gasteiger partial charge on any atom is 0.137 e. The molecule has 4 rings (SSSR count). The van der Waals surface area contributed by atoms with Crippen molar-refractivity contribution in [2.45, 2.75) is 25.5 Å². The van der Waals surface area contributed by atoms with Crippen molar-refractivity contribution in [1.29, 1.82) is 0 Å². The Morgan fingerprint density at radius 1 is 1.12 bits per heavy atom. The molecule has 1 atom stereocenters. The van der Waals surface area contributed by atoms with Crippen LogP contribution in [0.3, 0.4) is 0 Å². The van der Waals surface area contributed by atoms with Gasteiger partial charge in [-0.05, 0) is 61.7 Å². The molecule has 4 nitrogen and oxygen atoms in total. The van der Waals surface area contributed by atoms with Gasteiger partial charge in [-0.2, -0.15) is 0 Å². The van der Waals surface area contributed by atoms with Crippen LogP contribution in [0.2, 0.25) is 0 Å². The van der Waals surface area contributed by atoms with Crippen molar-refractivity contribution >= 4 is 5.65 Å². The zero-order valence-corrected chi connectivity index (χ0v) is 14.1. The SMILES string of the molecule is OC(c1ccc(F)cc1)C1CCN(Cc2cn3ccccc3n2)CC1. The molecule has 0 amide bonds. The van der Waals surface area contributed by atoms with Gasteiger partial charge in [0.25, 0.3) is 0 Å². The topological polar surface area (TPSA) is 40.8 Å². The molecule has 1 unspecified atom stereocenters. The minimum Gasteiger partial charge on any atom is -0.388 e. The third-order valence-electron chi connectivity index (χ3n) is 5.09. The van der Waals surface area contributed by atoms with Crippen molar-refractivity contribution < 1.29 is 9.50 Å². The van der Waals surface area contributed by atoms with E-state index in [0.29, 0.717) is 0 Å². The fourth-order valence-electron chi connectivity index (χ4n) is 3.65. The molecule has 25 heavy (non-hydrogen) atoms. The van der Waals surface area contributed by atoms with Gasteiger partial charge >= 0.3 is 0 Å². The monoisotopic (exact) mass is 339 g/mol. The molecule has 1 aliphatic heterocycles. The maximum atomic E-state index is 13.0. The number of rotatable bonds is 4. The highest BCUT2D eigenvalue weighted by Crippen LogP contribution is 2.31. The van der Waals surface area contributed by atoms with Crippen LogP contribution in [0.5, 0.6) is 0 Å². The second-order valence-corrected chi connectivity index (χ2v) is 6.81. The van der Waals surface area contributed by atoms with Gasteiger partial charge in [0.1, 0.15) is 11.5 Å². The van der Waals surface area contributed by atoms with Crippen molar-refractivity contribution in [2.24, 2.45) is 5.92 Å². The number of pyridine rings is 1. The van der Waals surface area contributed by atoms with E-state index in [9.17, 15) is 9.50 Å². The highest BCUT2D eigenvalue weighted by Gasteiger charge is 2.26. The van der Waals surface area contributed by atoms with Gasteiger partial charge in [-0.25, -0.2) is 9.37 Å². The molecule has 1 aliphatic rings. The van der Waals surface area contributed by atoms with Crippen LogP contribution in [-0.4, -0.2) is 32.5 Å². The molecule has 130 valence electrons. The Morgan fingerprint density at radius 3 is 2.60 bits per heavy atom. The zero-order chi connectivity index (χ0) is 17.2. The smallest absolute Gasteiger partial charge is 0.137 e. The van der Waals surface area contributed by atoms with Crippen molar-refractivity contribution in [2.75, 3.05) is 13.1 Å². The number of aliphatic hydroxyl groups is 1. The first-order valence-corrected chi connectivity index (χ1v) is 8.77. The first kappa shape index (κ1) is 16.2. The van der Waals surface area contributed by atoms with Crippen LogP contribution in [0.1, 0.15) is 30.2 Å². The molecule has 3 aromatic rings. The number of fused-ring (bicyclic) bond motifs is 1. The Morgan fingerprint density at radius 2 is 1.88 bits per heavy atom. The number of aromatic nitrogens is 2. The van der Waals surface area contributed by atoms with E-state index in [4.69, 9.17) is 0 Å². The van der Waals surface area contributed by atoms with Crippen molar-refractivity contribution in [3.63, 3.8) is 0 Å². The summed E-state index contributed by atoms with van der Waals surface area (Å²) in [6, 6.07) is 12.2. The van der Waals surface area contributed by atoms with E-state index in [1.807, 2.05) is 28.8 Å². The summed E-state index contributed by atoms with van der Waals surface area (Å²) in [4.78, 5) is 7.04. The Bertz CT molecular complexity index is 805. The Kier molecular flexibility index (Phi) is 4.51. The lowest BCUT2D eigenvalue weighted by atomic mass is 9.87. The Balaban J connectivity index is 1.35. The van der Waals surface area contributed by atoms with Gasteiger partial charge < -0.3 is 9.51 Å². The average Bonchev–Trinajstić information content (AvgIpc) is 3.05. The standard InChI is InChI=1S/C20H22FN3O/c21-17-6-4-15(5-7-17)20(25)16-8-11-23(12-9-16)13-18-14-24-10-2-1-3-19(24)22-18/h1-7,10,14,16,20,25H,8-9,11-13H2. The van der Waals surface area contributed by atoms with E-state index >= 15 is 0 Å². The van der Waals surface area contributed by atoms with Crippen LogP contribution in [0.4, 0.5) is 4.39 Å². The quantitative estimate of drug-likeness (QED) is 0.792. The van der Waals surface area contributed by atoms with Crippen molar-refractivity contribution in [3.8, 4) is 0 Å². The van der Waals surface area contributed by atoms with Crippen LogP contribution >= 0.6 is 0 Å². The highest BCUT2D eigenvalue weighted by molar-refractivity contribution is 5.39. The molecule has 3 heterocycles. The fraction of sp³-hybridized carbons (Fsp3) is 0.350. The van der Waals surface area contributed by atoms with Gasteiger partial charge in [0.15, 0.2) is 0 Å². The molecule has 0 bridgehead atoms. The number of hydrogen-bond donors (Lipinski definition) is 1. The number of nitrogens with zero attached hydrogens (tertiary/aromatic N) is 3. The van der Waals surface area contributed by atoms with Gasteiger partial charge in [-0.1, -0.05) is 18.2 Å². The van der Waals surface area contributed by atoms with Gasteiger partial charge in [-0.15, -0.1) is 0 Å². The summed E-state index contributed by atoms with van der Waals surface area (Å²) in [6.07, 6.45) is 5.45. The van der Waals surface area contributed by atoms with E-state index < -0.39 is 6.10 Å². The fourth-order valence-corrected chi connectivity index (χ4v) is 3.65. The molecule has 1 aromatic carbocycles. The number of halogens is 1. The first-order chi connectivity index (χ1) is 12.2. The molecule has 0 radical (unpaired) electrons. The lowest BCUT2D eigenvalue weighted by Crippen LogP contribution is -2.35. The predicted octanol–water partition coefficient (Wildman–Crippen LogP) is 3.42. The third-order valence-corrected chi connectivity index (χ3v) is 5.09. The highest BCUT2D eigenvalue weighted by atomic mass is 19.1. The summed E-state index contributed by atoms with van der Waals surface area (Å²) in [5, 5.41) is 10.6. The number of benzene rings is 1. The number of piperidine rings is 1. The molecular formula is C20H22FN3O. The Hall–Kier alpha value is -2.24. The molecule has 0 saturated carbocycles. The summed E-state index contributed by atoms with van der Waals surface area (Å²) in [6.45, 7) is 2.72. The summed E-state index contributed by atoms with van der Waals surface area (Å²) in [7, 11) is 0. The van der Waals surface area contributed by atoms with E-state index in [1.54, 1.807) is 12.1 Å². The number of aliphatic hydroxyl groups excluding tert-OH is 1. The lowest BCUT2D eigenvalue weighted by Gasteiger charge is -2.34. The maximum absolute atomic E-state index is 13.0. The molecule has 2 aromatic heterocycles. The number of hydrogen-bond acceptors (Lipinski definition) is 3. The van der Waals surface area contributed by atoms with Crippen molar-refractivity contribution in [1.82, 2.24) is 14.3 Å². The lowest BCUT2D eigenvalue weighted by molar-refractivity contribution is 0.0564. The largest absolute Gasteiger partial charge is 0.388 e. The molecule has 1 N–H and O–H groups in total. The third kappa shape index (κ3) is 3.57. The van der Waals surface area contributed by atoms with Gasteiger partial charge in [-0.3, -0.25) is 4.90 Å². The average molecular weight is 339 g/mol. The van der Waals surface area contributed by atoms with Crippen molar-refractivity contribution in [3.05, 3.63) is 71.9 Å². The Labute approximate surface area is 146 Å². The van der Waals surface area contributed by atoms with E-state index in [-0.39, 0.29) is 11.7 Å². The minimum absolute atomic E-state index is 0.225. The van der Waals surface area contributed by atoms with Gasteiger partial charge in [0.05, 0.1) is 11.8 Å². The molecule has 5 heteroatoms. The molecule has 0 spiro atoms. The van der Waals surface area contributed by atoms with Crippen LogP contribution in [0, 0.1) is 11.7 Å². The summed E-state index contributed by atoms with van der Waals surface area (Å²) in [5.74, 6) is -0.0407. The van der Waals surface area contributed by atoms with Crippen LogP contribution in [0.15, 0.2) is 54.9 Å². The van der Waals surface area contributed by atoms with Gasteiger partial charge in [0, 0.05) is 18.9 Å². The van der Waals surface area contributed by atoms with Crippen LogP contribution in [0.25, 0.3) is 5.65 Å². The predicted molar refractivity (Wildman–Crippen MR) is 94.6 cm³/mol. The minimum atomic E-state index is -0.516.